The van der Waals surface area contributed by atoms with Crippen LogP contribution in [0, 0.1) is 0 Å². The molecule has 1 aromatic heterocycles. The molecular formula is C37H26ClNO2. The van der Waals surface area contributed by atoms with Crippen LogP contribution in [0.25, 0.3) is 22.5 Å². The Kier molecular flexibility index (Phi) is 7.44. The van der Waals surface area contributed by atoms with Crippen LogP contribution < -0.4 is 0 Å². The molecule has 1 heterocycles. The van der Waals surface area contributed by atoms with E-state index in [4.69, 9.17) is 11.6 Å². The molecule has 0 spiro atoms. The molecule has 6 rings (SSSR count). The number of hydrogen-bond donors (Lipinski definition) is 0. The maximum Gasteiger partial charge on any atom is 0.195 e. The number of ketones is 2. The molecule has 4 heteroatoms. The third-order valence-electron chi connectivity index (χ3n) is 7.14. The van der Waals surface area contributed by atoms with Gasteiger partial charge in [-0.3, -0.25) is 9.59 Å². The Balaban J connectivity index is 1.76. The summed E-state index contributed by atoms with van der Waals surface area (Å²) in [4.78, 5) is 29.0. The van der Waals surface area contributed by atoms with Crippen molar-refractivity contribution in [3.05, 3.63) is 178 Å². The largest absolute Gasteiger partial charge is 0.335 e. The molecule has 0 N–H and O–H groups in total. The van der Waals surface area contributed by atoms with Gasteiger partial charge in [0, 0.05) is 22.7 Å². The van der Waals surface area contributed by atoms with E-state index >= 15 is 0 Å². The molecule has 0 atom stereocenters. The number of nitrogens with zero attached hydrogens (tertiary/aromatic N) is 1. The van der Waals surface area contributed by atoms with Gasteiger partial charge in [-0.1, -0.05) is 145 Å². The fourth-order valence-corrected chi connectivity index (χ4v) is 5.38. The van der Waals surface area contributed by atoms with Crippen LogP contribution in [-0.2, 0) is 6.54 Å². The van der Waals surface area contributed by atoms with Crippen molar-refractivity contribution in [1.29, 1.82) is 0 Å². The molecule has 0 aliphatic heterocycles. The molecular weight excluding hydrogens is 526 g/mol. The van der Waals surface area contributed by atoms with Crippen LogP contribution in [-0.4, -0.2) is 16.1 Å². The van der Waals surface area contributed by atoms with E-state index in [-0.39, 0.29) is 11.6 Å². The normalized spacial score (nSPS) is 10.9. The Morgan fingerprint density at radius 2 is 0.878 bits per heavy atom. The molecule has 0 radical (unpaired) electrons. The third kappa shape index (κ3) is 5.28. The van der Waals surface area contributed by atoms with Gasteiger partial charge >= 0.3 is 0 Å². The van der Waals surface area contributed by atoms with Crippen molar-refractivity contribution in [3.8, 4) is 22.5 Å². The highest BCUT2D eigenvalue weighted by Crippen LogP contribution is 2.41. The third-order valence-corrected chi connectivity index (χ3v) is 7.39. The van der Waals surface area contributed by atoms with Crippen LogP contribution in [0.15, 0.2) is 146 Å². The van der Waals surface area contributed by atoms with Crippen molar-refractivity contribution in [2.75, 3.05) is 0 Å². The summed E-state index contributed by atoms with van der Waals surface area (Å²) in [6.07, 6.45) is 0. The first kappa shape index (κ1) is 26.2. The van der Waals surface area contributed by atoms with Gasteiger partial charge in [0.1, 0.15) is 0 Å². The Morgan fingerprint density at radius 1 is 0.488 bits per heavy atom. The SMILES string of the molecule is O=C(c1ccccc1)c1c(C(=O)c2ccccc2)c(-c2ccc(Cl)cc2)n(Cc2ccccc2)c1-c1ccccc1. The van der Waals surface area contributed by atoms with E-state index in [1.54, 1.807) is 24.3 Å². The zero-order chi connectivity index (χ0) is 28.2. The highest BCUT2D eigenvalue weighted by Gasteiger charge is 2.33. The van der Waals surface area contributed by atoms with Gasteiger partial charge in [0.15, 0.2) is 11.6 Å². The van der Waals surface area contributed by atoms with Gasteiger partial charge in [0.05, 0.1) is 22.5 Å². The minimum atomic E-state index is -0.209. The molecule has 0 fully saturated rings. The quantitative estimate of drug-likeness (QED) is 0.177. The first-order valence-electron chi connectivity index (χ1n) is 13.4. The Labute approximate surface area is 244 Å². The van der Waals surface area contributed by atoms with E-state index < -0.39 is 0 Å². The fourth-order valence-electron chi connectivity index (χ4n) is 5.26. The number of carbonyl (C=O) groups is 2. The molecule has 6 aromatic rings. The summed E-state index contributed by atoms with van der Waals surface area (Å²) in [7, 11) is 0. The van der Waals surface area contributed by atoms with Crippen molar-refractivity contribution < 1.29 is 9.59 Å². The van der Waals surface area contributed by atoms with E-state index in [0.29, 0.717) is 45.2 Å². The summed E-state index contributed by atoms with van der Waals surface area (Å²) < 4.78 is 2.11. The van der Waals surface area contributed by atoms with Gasteiger partial charge in [-0.2, -0.15) is 0 Å². The van der Waals surface area contributed by atoms with Crippen LogP contribution in [0.5, 0.6) is 0 Å². The first-order chi connectivity index (χ1) is 20.1. The van der Waals surface area contributed by atoms with Gasteiger partial charge in [-0.05, 0) is 28.8 Å². The van der Waals surface area contributed by atoms with Crippen LogP contribution in [0.2, 0.25) is 5.02 Å². The lowest BCUT2D eigenvalue weighted by Crippen LogP contribution is -2.11. The summed E-state index contributed by atoms with van der Waals surface area (Å²) in [6, 6.07) is 45.6. The standard InChI is InChI=1S/C37H26ClNO2/c38-31-23-21-28(22-24-31)35-33(37(41)30-19-11-4-12-20-30)32(36(40)29-17-9-3-10-18-29)34(27-15-7-2-8-16-27)39(35)25-26-13-5-1-6-14-26/h1-24H,25H2. The molecule has 5 aromatic carbocycles. The summed E-state index contributed by atoms with van der Waals surface area (Å²) in [5, 5.41) is 0.592. The predicted molar refractivity (Wildman–Crippen MR) is 166 cm³/mol. The zero-order valence-corrected chi connectivity index (χ0v) is 23.0. The number of aromatic nitrogens is 1. The number of hydrogen-bond acceptors (Lipinski definition) is 2. The molecule has 0 amide bonds. The van der Waals surface area contributed by atoms with Crippen LogP contribution in [0.1, 0.15) is 37.4 Å². The summed E-state index contributed by atoms with van der Waals surface area (Å²) >= 11 is 6.30. The highest BCUT2D eigenvalue weighted by atomic mass is 35.5. The van der Waals surface area contributed by atoms with Gasteiger partial charge in [-0.15, -0.1) is 0 Å². The minimum Gasteiger partial charge on any atom is -0.335 e. The number of carbonyl (C=O) groups excluding carboxylic acids is 2. The van der Waals surface area contributed by atoms with Gasteiger partial charge in [-0.25, -0.2) is 0 Å². The Bertz CT molecular complexity index is 1810. The Hall–Kier alpha value is -4.99. The smallest absolute Gasteiger partial charge is 0.195 e. The number of halogens is 1. The molecule has 3 nitrogen and oxygen atoms in total. The van der Waals surface area contributed by atoms with E-state index in [2.05, 4.69) is 16.7 Å². The van der Waals surface area contributed by atoms with E-state index in [9.17, 15) is 9.59 Å². The molecule has 0 aliphatic rings. The van der Waals surface area contributed by atoms with Crippen molar-refractivity contribution in [2.24, 2.45) is 0 Å². The monoisotopic (exact) mass is 551 g/mol. The van der Waals surface area contributed by atoms with E-state index in [1.165, 1.54) is 0 Å². The number of rotatable bonds is 8. The molecule has 0 saturated carbocycles. The minimum absolute atomic E-state index is 0.203. The average molecular weight is 552 g/mol. The second kappa shape index (κ2) is 11.6. The van der Waals surface area contributed by atoms with Crippen molar-refractivity contribution in [1.82, 2.24) is 4.57 Å². The van der Waals surface area contributed by atoms with Crippen LogP contribution in [0.3, 0.4) is 0 Å². The molecule has 198 valence electrons. The van der Waals surface area contributed by atoms with Crippen LogP contribution >= 0.6 is 11.6 Å². The first-order valence-corrected chi connectivity index (χ1v) is 13.8. The fraction of sp³-hybridized carbons (Fsp3) is 0.0270. The highest BCUT2D eigenvalue weighted by molar-refractivity contribution is 6.30. The second-order valence-electron chi connectivity index (χ2n) is 9.78. The lowest BCUT2D eigenvalue weighted by molar-refractivity contribution is 0.100. The van der Waals surface area contributed by atoms with Gasteiger partial charge in [0.25, 0.3) is 0 Å². The Morgan fingerprint density at radius 3 is 1.34 bits per heavy atom. The average Bonchev–Trinajstić information content (AvgIpc) is 3.36. The molecule has 0 unspecified atom stereocenters. The number of benzene rings is 5. The van der Waals surface area contributed by atoms with E-state index in [0.717, 1.165) is 16.7 Å². The second-order valence-corrected chi connectivity index (χ2v) is 10.2. The predicted octanol–water partition coefficient (Wildman–Crippen LogP) is 8.99. The summed E-state index contributed by atoms with van der Waals surface area (Å²) in [5.74, 6) is -0.412. The van der Waals surface area contributed by atoms with Gasteiger partial charge in [0.2, 0.25) is 0 Å². The zero-order valence-electron chi connectivity index (χ0n) is 22.2. The van der Waals surface area contributed by atoms with Crippen molar-refractivity contribution >= 4 is 23.2 Å². The van der Waals surface area contributed by atoms with Crippen molar-refractivity contribution in [3.63, 3.8) is 0 Å². The summed E-state index contributed by atoms with van der Waals surface area (Å²) in [6.45, 7) is 0.458. The molecule has 41 heavy (non-hydrogen) atoms. The molecule has 0 aliphatic carbocycles. The maximum atomic E-state index is 14.5. The summed E-state index contributed by atoms with van der Waals surface area (Å²) in [5.41, 5.74) is 5.88. The lowest BCUT2D eigenvalue weighted by atomic mass is 9.90. The topological polar surface area (TPSA) is 39.1 Å². The van der Waals surface area contributed by atoms with Gasteiger partial charge < -0.3 is 4.57 Å². The van der Waals surface area contributed by atoms with E-state index in [1.807, 2.05) is 109 Å². The molecule has 0 saturated heterocycles. The maximum absolute atomic E-state index is 14.5. The lowest BCUT2D eigenvalue weighted by Gasteiger charge is -2.16. The molecule has 0 bridgehead atoms. The van der Waals surface area contributed by atoms with Crippen molar-refractivity contribution in [2.45, 2.75) is 6.54 Å². The van der Waals surface area contributed by atoms with Crippen LogP contribution in [0.4, 0.5) is 0 Å².